The summed E-state index contributed by atoms with van der Waals surface area (Å²) in [6.45, 7) is 3.85. The average Bonchev–Trinajstić information content (AvgIpc) is 2.27. The highest BCUT2D eigenvalue weighted by Crippen LogP contribution is 2.14. The first-order chi connectivity index (χ1) is 7.54. The highest BCUT2D eigenvalue weighted by Gasteiger charge is 2.14. The topological polar surface area (TPSA) is 43.4 Å². The van der Waals surface area contributed by atoms with Crippen molar-refractivity contribution in [1.82, 2.24) is 0 Å². The van der Waals surface area contributed by atoms with Crippen LogP contribution in [0.3, 0.4) is 0 Å². The minimum Gasteiger partial charge on any atom is -0.491 e. The van der Waals surface area contributed by atoms with Crippen LogP contribution in [0.25, 0.3) is 0 Å². The Morgan fingerprint density at radius 3 is 2.25 bits per heavy atom. The molecule has 3 nitrogen and oxygen atoms in total. The number of hydrogen-bond donors (Lipinski definition) is 0. The van der Waals surface area contributed by atoms with Crippen molar-refractivity contribution in [2.45, 2.75) is 20.0 Å². The second-order valence-electron chi connectivity index (χ2n) is 3.58. The van der Waals surface area contributed by atoms with E-state index in [0.717, 1.165) is 0 Å². The van der Waals surface area contributed by atoms with Gasteiger partial charge in [-0.05, 0) is 38.1 Å². The standard InChI is InChI=1S/C12H13BrO3/c1-8(2)16-10-5-3-9(4-6-10)12(15)11(14)7-13/h3-6,8H,7H2,1-2H3. The summed E-state index contributed by atoms with van der Waals surface area (Å²) >= 11 is 2.96. The van der Waals surface area contributed by atoms with Crippen molar-refractivity contribution in [3.05, 3.63) is 29.8 Å². The van der Waals surface area contributed by atoms with E-state index in [0.29, 0.717) is 11.3 Å². The van der Waals surface area contributed by atoms with Crippen molar-refractivity contribution in [2.75, 3.05) is 5.33 Å². The van der Waals surface area contributed by atoms with Crippen LogP contribution < -0.4 is 4.74 Å². The Hall–Kier alpha value is -1.16. The van der Waals surface area contributed by atoms with Crippen LogP contribution in [0.2, 0.25) is 0 Å². The van der Waals surface area contributed by atoms with Crippen molar-refractivity contribution >= 4 is 27.5 Å². The molecule has 16 heavy (non-hydrogen) atoms. The highest BCUT2D eigenvalue weighted by molar-refractivity contribution is 9.09. The second kappa shape index (κ2) is 5.80. The normalized spacial score (nSPS) is 10.2. The lowest BCUT2D eigenvalue weighted by Crippen LogP contribution is -2.15. The summed E-state index contributed by atoms with van der Waals surface area (Å²) < 4.78 is 5.43. The maximum Gasteiger partial charge on any atom is 0.229 e. The fourth-order valence-corrected chi connectivity index (χ4v) is 1.43. The zero-order valence-electron chi connectivity index (χ0n) is 9.20. The van der Waals surface area contributed by atoms with Crippen molar-refractivity contribution in [3.8, 4) is 5.75 Å². The van der Waals surface area contributed by atoms with Crippen LogP contribution in [0.1, 0.15) is 24.2 Å². The molecule has 4 heteroatoms. The number of carbonyl (C=O) groups is 2. The predicted octanol–water partition coefficient (Wildman–Crippen LogP) is 2.62. The summed E-state index contributed by atoms with van der Waals surface area (Å²) in [5.74, 6) is -0.233. The highest BCUT2D eigenvalue weighted by atomic mass is 79.9. The molecule has 0 heterocycles. The van der Waals surface area contributed by atoms with Gasteiger partial charge >= 0.3 is 0 Å². The van der Waals surface area contributed by atoms with E-state index in [2.05, 4.69) is 15.9 Å². The molecule has 0 radical (unpaired) electrons. The summed E-state index contributed by atoms with van der Waals surface area (Å²) in [6, 6.07) is 6.57. The monoisotopic (exact) mass is 284 g/mol. The Morgan fingerprint density at radius 2 is 1.81 bits per heavy atom. The molecule has 0 N–H and O–H groups in total. The smallest absolute Gasteiger partial charge is 0.229 e. The number of carbonyl (C=O) groups excluding carboxylic acids is 2. The molecule has 0 saturated carbocycles. The molecule has 1 aromatic rings. The molecule has 0 atom stereocenters. The number of alkyl halides is 1. The Labute approximate surface area is 103 Å². The van der Waals surface area contributed by atoms with Crippen LogP contribution in [-0.4, -0.2) is 23.0 Å². The van der Waals surface area contributed by atoms with Crippen molar-refractivity contribution < 1.29 is 14.3 Å². The molecule has 0 saturated heterocycles. The van der Waals surface area contributed by atoms with Gasteiger partial charge in [-0.25, -0.2) is 0 Å². The van der Waals surface area contributed by atoms with Crippen LogP contribution in [0.5, 0.6) is 5.75 Å². The van der Waals surface area contributed by atoms with Gasteiger partial charge in [-0.1, -0.05) is 15.9 Å². The fraction of sp³-hybridized carbons (Fsp3) is 0.333. The summed E-state index contributed by atoms with van der Waals surface area (Å²) in [6.07, 6.45) is 0.0886. The third-order valence-corrected chi connectivity index (χ3v) is 2.37. The fourth-order valence-electron chi connectivity index (χ4n) is 1.18. The molecule has 1 rings (SSSR count). The predicted molar refractivity (Wildman–Crippen MR) is 65.3 cm³/mol. The first kappa shape index (κ1) is 12.9. The van der Waals surface area contributed by atoms with Crippen molar-refractivity contribution in [1.29, 1.82) is 0 Å². The van der Waals surface area contributed by atoms with E-state index in [-0.39, 0.29) is 11.4 Å². The maximum atomic E-state index is 11.5. The first-order valence-corrected chi connectivity index (χ1v) is 6.07. The van der Waals surface area contributed by atoms with Crippen molar-refractivity contribution in [2.24, 2.45) is 0 Å². The molecule has 0 amide bonds. The van der Waals surface area contributed by atoms with E-state index < -0.39 is 11.6 Å². The molecule has 86 valence electrons. The minimum absolute atomic E-state index is 0.0517. The molecule has 1 aromatic carbocycles. The number of benzene rings is 1. The third kappa shape index (κ3) is 3.45. The molecule has 0 unspecified atom stereocenters. The Morgan fingerprint density at radius 1 is 1.25 bits per heavy atom. The molecule has 0 bridgehead atoms. The van der Waals surface area contributed by atoms with Gasteiger partial charge < -0.3 is 4.74 Å². The number of Topliss-reactive ketones (excluding diaryl/α,β-unsaturated/α-hetero) is 2. The van der Waals surface area contributed by atoms with Crippen LogP contribution in [0, 0.1) is 0 Å². The first-order valence-electron chi connectivity index (χ1n) is 4.94. The Kier molecular flexibility index (Phi) is 4.68. The average molecular weight is 285 g/mol. The Balaban J connectivity index is 2.78. The molecule has 0 aliphatic rings. The summed E-state index contributed by atoms with van der Waals surface area (Å²) in [4.78, 5) is 22.6. The third-order valence-electron chi connectivity index (χ3n) is 1.86. The van der Waals surface area contributed by atoms with Crippen LogP contribution >= 0.6 is 15.9 Å². The number of hydrogen-bond acceptors (Lipinski definition) is 3. The molecular weight excluding hydrogens is 272 g/mol. The maximum absolute atomic E-state index is 11.5. The minimum atomic E-state index is -0.479. The summed E-state index contributed by atoms with van der Waals surface area (Å²) in [7, 11) is 0. The number of halogens is 1. The summed E-state index contributed by atoms with van der Waals surface area (Å²) in [5.41, 5.74) is 0.389. The van der Waals surface area contributed by atoms with Gasteiger partial charge in [0.05, 0.1) is 11.4 Å². The van der Waals surface area contributed by atoms with Crippen LogP contribution in [-0.2, 0) is 4.79 Å². The van der Waals surface area contributed by atoms with E-state index >= 15 is 0 Å². The van der Waals surface area contributed by atoms with Crippen molar-refractivity contribution in [3.63, 3.8) is 0 Å². The second-order valence-corrected chi connectivity index (χ2v) is 4.14. The lowest BCUT2D eigenvalue weighted by atomic mass is 10.1. The largest absolute Gasteiger partial charge is 0.491 e. The van der Waals surface area contributed by atoms with E-state index in [1.54, 1.807) is 24.3 Å². The van der Waals surface area contributed by atoms with Gasteiger partial charge in [0.15, 0.2) is 0 Å². The molecule has 0 spiro atoms. The van der Waals surface area contributed by atoms with E-state index in [1.165, 1.54) is 0 Å². The van der Waals surface area contributed by atoms with E-state index in [1.807, 2.05) is 13.8 Å². The zero-order chi connectivity index (χ0) is 12.1. The van der Waals surface area contributed by atoms with Gasteiger partial charge in [0, 0.05) is 5.56 Å². The SMILES string of the molecule is CC(C)Oc1ccc(C(=O)C(=O)CBr)cc1. The quantitative estimate of drug-likeness (QED) is 0.474. The van der Waals surface area contributed by atoms with Crippen LogP contribution in [0.4, 0.5) is 0 Å². The van der Waals surface area contributed by atoms with Crippen LogP contribution in [0.15, 0.2) is 24.3 Å². The lowest BCUT2D eigenvalue weighted by Gasteiger charge is -2.09. The molecule has 0 aliphatic heterocycles. The van der Waals surface area contributed by atoms with Gasteiger partial charge in [0.1, 0.15) is 5.75 Å². The lowest BCUT2D eigenvalue weighted by molar-refractivity contribution is -0.112. The van der Waals surface area contributed by atoms with Gasteiger partial charge in [-0.3, -0.25) is 9.59 Å². The summed E-state index contributed by atoms with van der Waals surface area (Å²) in [5, 5.41) is 0.0517. The van der Waals surface area contributed by atoms with Gasteiger partial charge in [-0.15, -0.1) is 0 Å². The molecular formula is C12H13BrO3. The van der Waals surface area contributed by atoms with E-state index in [9.17, 15) is 9.59 Å². The van der Waals surface area contributed by atoms with Gasteiger partial charge in [-0.2, -0.15) is 0 Å². The Bertz CT molecular complexity index is 382. The molecule has 0 aromatic heterocycles. The molecule has 0 aliphatic carbocycles. The molecule has 0 fully saturated rings. The van der Waals surface area contributed by atoms with Gasteiger partial charge in [0.2, 0.25) is 11.6 Å². The van der Waals surface area contributed by atoms with Gasteiger partial charge in [0.25, 0.3) is 0 Å². The van der Waals surface area contributed by atoms with E-state index in [4.69, 9.17) is 4.74 Å². The number of rotatable bonds is 5. The zero-order valence-corrected chi connectivity index (χ0v) is 10.8. The number of ether oxygens (including phenoxy) is 1. The number of ketones is 2.